The van der Waals surface area contributed by atoms with Crippen molar-refractivity contribution in [2.24, 2.45) is 5.92 Å². The van der Waals surface area contributed by atoms with Crippen LogP contribution in [0.1, 0.15) is 25.8 Å². The van der Waals surface area contributed by atoms with E-state index in [9.17, 15) is 9.59 Å². The van der Waals surface area contributed by atoms with E-state index in [1.54, 1.807) is 12.1 Å². The molecule has 1 atom stereocenters. The third kappa shape index (κ3) is 4.52. The molecule has 0 aliphatic carbocycles. The first-order valence-electron chi connectivity index (χ1n) is 5.96. The molecule has 1 aromatic carbocycles. The van der Waals surface area contributed by atoms with E-state index in [-0.39, 0.29) is 5.78 Å². The topological polar surface area (TPSA) is 43.4 Å². The summed E-state index contributed by atoms with van der Waals surface area (Å²) >= 11 is 5.82. The van der Waals surface area contributed by atoms with Gasteiger partial charge in [-0.2, -0.15) is 0 Å². The van der Waals surface area contributed by atoms with E-state index in [0.717, 1.165) is 11.1 Å². The van der Waals surface area contributed by atoms with Gasteiger partial charge in [-0.25, -0.2) is 0 Å². The Morgan fingerprint density at radius 1 is 1.26 bits per heavy atom. The van der Waals surface area contributed by atoms with Gasteiger partial charge in [-0.15, -0.1) is 0 Å². The highest BCUT2D eigenvalue weighted by molar-refractivity contribution is 6.30. The molecule has 102 valence electrons. The predicted molar refractivity (Wildman–Crippen MR) is 75.9 cm³/mol. The number of rotatable bonds is 5. The molecule has 0 aliphatic heterocycles. The van der Waals surface area contributed by atoms with Gasteiger partial charge < -0.3 is 4.74 Å². The van der Waals surface area contributed by atoms with Crippen molar-refractivity contribution in [2.75, 3.05) is 7.11 Å². The fourth-order valence-electron chi connectivity index (χ4n) is 1.70. The maximum Gasteiger partial charge on any atom is 0.316 e. The number of ether oxygens (including phenoxy) is 1. The minimum atomic E-state index is -0.729. The number of methoxy groups -OCH3 is 1. The second kappa shape index (κ2) is 7.10. The van der Waals surface area contributed by atoms with Gasteiger partial charge in [-0.3, -0.25) is 9.59 Å². The summed E-state index contributed by atoms with van der Waals surface area (Å²) in [7, 11) is 1.29. The lowest BCUT2D eigenvalue weighted by molar-refractivity contribution is -0.148. The van der Waals surface area contributed by atoms with Crippen LogP contribution in [0.15, 0.2) is 30.3 Å². The molecule has 0 fully saturated rings. The molecule has 0 radical (unpaired) electrons. The van der Waals surface area contributed by atoms with E-state index >= 15 is 0 Å². The van der Waals surface area contributed by atoms with Crippen molar-refractivity contribution in [1.82, 2.24) is 0 Å². The van der Waals surface area contributed by atoms with Crippen molar-refractivity contribution < 1.29 is 14.3 Å². The van der Waals surface area contributed by atoms with Gasteiger partial charge in [-0.05, 0) is 43.5 Å². The summed E-state index contributed by atoms with van der Waals surface area (Å²) < 4.78 is 4.62. The zero-order valence-corrected chi connectivity index (χ0v) is 12.0. The van der Waals surface area contributed by atoms with Gasteiger partial charge in [-0.1, -0.05) is 29.8 Å². The third-order valence-electron chi connectivity index (χ3n) is 2.94. The summed E-state index contributed by atoms with van der Waals surface area (Å²) in [5, 5.41) is 0.674. The molecule has 0 aromatic heterocycles. The number of hydrogen-bond acceptors (Lipinski definition) is 3. The highest BCUT2D eigenvalue weighted by Gasteiger charge is 2.22. The molecule has 4 heteroatoms. The molecule has 0 amide bonds. The number of halogens is 1. The van der Waals surface area contributed by atoms with E-state index in [4.69, 9.17) is 11.6 Å². The molecule has 1 aromatic rings. The molecule has 19 heavy (non-hydrogen) atoms. The third-order valence-corrected chi connectivity index (χ3v) is 3.19. The summed E-state index contributed by atoms with van der Waals surface area (Å²) in [5.41, 5.74) is 2.00. The van der Waals surface area contributed by atoms with Crippen molar-refractivity contribution in [3.05, 3.63) is 40.9 Å². The molecule has 3 nitrogen and oxygen atoms in total. The number of carbonyl (C=O) groups excluding carboxylic acids is 2. The lowest BCUT2D eigenvalue weighted by atomic mass is 9.98. The Labute approximate surface area is 118 Å². The van der Waals surface area contributed by atoms with Crippen LogP contribution < -0.4 is 0 Å². The molecular weight excluding hydrogens is 264 g/mol. The monoisotopic (exact) mass is 280 g/mol. The first kappa shape index (κ1) is 15.4. The lowest BCUT2D eigenvalue weighted by Gasteiger charge is -2.09. The average molecular weight is 281 g/mol. The van der Waals surface area contributed by atoms with Crippen LogP contribution in [0.2, 0.25) is 5.02 Å². The molecule has 0 N–H and O–H groups in total. The Balaban J connectivity index is 2.81. The summed E-state index contributed by atoms with van der Waals surface area (Å²) in [6.45, 7) is 3.32. The zero-order valence-electron chi connectivity index (χ0n) is 11.3. The van der Waals surface area contributed by atoms with E-state index < -0.39 is 11.9 Å². The van der Waals surface area contributed by atoms with Crippen molar-refractivity contribution >= 4 is 28.9 Å². The van der Waals surface area contributed by atoms with Crippen LogP contribution in [0.5, 0.6) is 0 Å². The van der Waals surface area contributed by atoms with Gasteiger partial charge >= 0.3 is 5.97 Å². The lowest BCUT2D eigenvalue weighted by Crippen LogP contribution is -2.22. The fourth-order valence-corrected chi connectivity index (χ4v) is 1.82. The number of ketones is 1. The SMILES string of the molecule is COC(=O)C(C/C=C(\C)c1ccc(Cl)cc1)C(C)=O. The van der Waals surface area contributed by atoms with E-state index in [0.29, 0.717) is 11.4 Å². The van der Waals surface area contributed by atoms with Gasteiger partial charge in [0.25, 0.3) is 0 Å². The number of esters is 1. The quantitative estimate of drug-likeness (QED) is 0.612. The number of hydrogen-bond donors (Lipinski definition) is 0. The molecule has 0 saturated heterocycles. The largest absolute Gasteiger partial charge is 0.468 e. The van der Waals surface area contributed by atoms with Gasteiger partial charge in [0, 0.05) is 5.02 Å². The first-order valence-corrected chi connectivity index (χ1v) is 6.34. The highest BCUT2D eigenvalue weighted by Crippen LogP contribution is 2.19. The van der Waals surface area contributed by atoms with Gasteiger partial charge in [0.15, 0.2) is 0 Å². The first-order chi connectivity index (χ1) is 8.95. The molecule has 0 aliphatic rings. The van der Waals surface area contributed by atoms with Crippen LogP contribution >= 0.6 is 11.6 Å². The van der Waals surface area contributed by atoms with Gasteiger partial charge in [0.2, 0.25) is 0 Å². The minimum absolute atomic E-state index is 0.188. The van der Waals surface area contributed by atoms with Crippen molar-refractivity contribution in [3.63, 3.8) is 0 Å². The second-order valence-electron chi connectivity index (χ2n) is 4.32. The smallest absolute Gasteiger partial charge is 0.316 e. The molecule has 0 bridgehead atoms. The number of carbonyl (C=O) groups is 2. The Kier molecular flexibility index (Phi) is 5.77. The van der Waals surface area contributed by atoms with Crippen molar-refractivity contribution in [1.29, 1.82) is 0 Å². The van der Waals surface area contributed by atoms with Crippen LogP contribution in [0.3, 0.4) is 0 Å². The van der Waals surface area contributed by atoms with Crippen LogP contribution in [0.4, 0.5) is 0 Å². The maximum absolute atomic E-state index is 11.5. The normalized spacial score (nSPS) is 12.9. The van der Waals surface area contributed by atoms with Gasteiger partial charge in [0.1, 0.15) is 11.7 Å². The maximum atomic E-state index is 11.5. The molecule has 0 spiro atoms. The Hall–Kier alpha value is -1.61. The Bertz CT molecular complexity index is 489. The number of Topliss-reactive ketones (excluding diaryl/α,β-unsaturated/α-hetero) is 1. The second-order valence-corrected chi connectivity index (χ2v) is 4.75. The summed E-state index contributed by atoms with van der Waals surface area (Å²) in [4.78, 5) is 22.8. The van der Waals surface area contributed by atoms with E-state index in [1.165, 1.54) is 14.0 Å². The van der Waals surface area contributed by atoms with Crippen LogP contribution in [0.25, 0.3) is 5.57 Å². The van der Waals surface area contributed by atoms with E-state index in [1.807, 2.05) is 25.1 Å². The number of allylic oxidation sites excluding steroid dienone is 2. The Morgan fingerprint density at radius 2 is 1.84 bits per heavy atom. The highest BCUT2D eigenvalue weighted by atomic mass is 35.5. The minimum Gasteiger partial charge on any atom is -0.468 e. The van der Waals surface area contributed by atoms with Crippen molar-refractivity contribution in [2.45, 2.75) is 20.3 Å². The summed E-state index contributed by atoms with van der Waals surface area (Å²) in [6.07, 6.45) is 2.21. The fraction of sp³-hybridized carbons (Fsp3) is 0.333. The van der Waals surface area contributed by atoms with Crippen LogP contribution in [-0.4, -0.2) is 18.9 Å². The van der Waals surface area contributed by atoms with Crippen LogP contribution in [-0.2, 0) is 14.3 Å². The van der Waals surface area contributed by atoms with E-state index in [2.05, 4.69) is 4.74 Å². The van der Waals surface area contributed by atoms with Gasteiger partial charge in [0.05, 0.1) is 7.11 Å². The van der Waals surface area contributed by atoms with Crippen LogP contribution in [0, 0.1) is 5.92 Å². The predicted octanol–water partition coefficient (Wildman–Crippen LogP) is 3.51. The van der Waals surface area contributed by atoms with Crippen molar-refractivity contribution in [3.8, 4) is 0 Å². The Morgan fingerprint density at radius 3 is 2.32 bits per heavy atom. The average Bonchev–Trinajstić information content (AvgIpc) is 2.38. The zero-order chi connectivity index (χ0) is 14.4. The molecule has 1 unspecified atom stereocenters. The molecule has 1 rings (SSSR count). The summed E-state index contributed by atoms with van der Waals surface area (Å²) in [5.74, 6) is -1.41. The summed E-state index contributed by atoms with van der Waals surface area (Å²) in [6, 6.07) is 7.40. The molecule has 0 saturated carbocycles. The standard InChI is InChI=1S/C15H17ClO3/c1-10(12-5-7-13(16)8-6-12)4-9-14(11(2)17)15(18)19-3/h4-8,14H,9H2,1-3H3/b10-4+. The molecule has 0 heterocycles. The number of benzene rings is 1. The molecular formula is C15H17ClO3.